The van der Waals surface area contributed by atoms with E-state index >= 15 is 0 Å². The monoisotopic (exact) mass is 200 g/mol. The number of amides is 2. The molecule has 0 radical (unpaired) electrons. The highest BCUT2D eigenvalue weighted by Crippen LogP contribution is 2.11. The number of likely N-dealkylation sites (tertiary alicyclic amines) is 1. The van der Waals surface area contributed by atoms with Gasteiger partial charge in [0.15, 0.2) is 0 Å². The third kappa shape index (κ3) is 3.54. The van der Waals surface area contributed by atoms with E-state index < -0.39 is 0 Å². The smallest absolute Gasteiger partial charge is 0.317 e. The fourth-order valence-electron chi connectivity index (χ4n) is 1.47. The molecule has 1 aliphatic rings. The van der Waals surface area contributed by atoms with Gasteiger partial charge in [0.2, 0.25) is 0 Å². The van der Waals surface area contributed by atoms with Gasteiger partial charge in [-0.3, -0.25) is 0 Å². The molecule has 1 heterocycles. The second-order valence-electron chi connectivity index (χ2n) is 4.90. The van der Waals surface area contributed by atoms with Crippen LogP contribution in [0.2, 0.25) is 0 Å². The van der Waals surface area contributed by atoms with Crippen LogP contribution in [0.3, 0.4) is 0 Å². The van der Waals surface area contributed by atoms with Gasteiger partial charge in [0.1, 0.15) is 0 Å². The molecule has 2 amide bonds. The average Bonchev–Trinajstić information content (AvgIpc) is 2.02. The summed E-state index contributed by atoms with van der Waals surface area (Å²) < 4.78 is 0. The minimum Gasteiger partial charge on any atom is -0.393 e. The number of nitrogens with one attached hydrogen (secondary N) is 1. The van der Waals surface area contributed by atoms with Crippen LogP contribution in [0.5, 0.6) is 0 Å². The summed E-state index contributed by atoms with van der Waals surface area (Å²) in [5.74, 6) is 0. The van der Waals surface area contributed by atoms with Crippen LogP contribution >= 0.6 is 0 Å². The van der Waals surface area contributed by atoms with E-state index in [0.29, 0.717) is 25.9 Å². The Labute approximate surface area is 85.3 Å². The predicted octanol–water partition coefficient (Wildman–Crippen LogP) is 0.951. The molecule has 4 heteroatoms. The number of urea groups is 1. The molecule has 0 spiro atoms. The zero-order valence-electron chi connectivity index (χ0n) is 9.21. The van der Waals surface area contributed by atoms with Gasteiger partial charge in [0.25, 0.3) is 0 Å². The molecule has 82 valence electrons. The molecule has 0 unspecified atom stereocenters. The number of aliphatic hydroxyl groups excluding tert-OH is 1. The first kappa shape index (κ1) is 11.3. The molecule has 1 fully saturated rings. The molecule has 0 aliphatic carbocycles. The Morgan fingerprint density at radius 2 is 1.86 bits per heavy atom. The Morgan fingerprint density at radius 1 is 1.36 bits per heavy atom. The molecule has 2 N–H and O–H groups in total. The Bertz CT molecular complexity index is 203. The predicted molar refractivity (Wildman–Crippen MR) is 55.1 cm³/mol. The van der Waals surface area contributed by atoms with Crippen molar-refractivity contribution in [2.24, 2.45) is 0 Å². The highest BCUT2D eigenvalue weighted by Gasteiger charge is 2.23. The van der Waals surface area contributed by atoms with Crippen molar-refractivity contribution >= 4 is 6.03 Å². The van der Waals surface area contributed by atoms with Crippen molar-refractivity contribution in [3.05, 3.63) is 0 Å². The van der Waals surface area contributed by atoms with E-state index in [-0.39, 0.29) is 17.7 Å². The maximum absolute atomic E-state index is 11.7. The number of carbonyl (C=O) groups excluding carboxylic acids is 1. The number of rotatable bonds is 0. The number of hydrogen-bond donors (Lipinski definition) is 2. The number of hydrogen-bond acceptors (Lipinski definition) is 2. The van der Waals surface area contributed by atoms with Crippen molar-refractivity contribution in [3.8, 4) is 0 Å². The molecule has 1 rings (SSSR count). The van der Waals surface area contributed by atoms with Gasteiger partial charge in [-0.25, -0.2) is 4.79 Å². The van der Waals surface area contributed by atoms with Gasteiger partial charge < -0.3 is 15.3 Å². The van der Waals surface area contributed by atoms with Crippen LogP contribution in [-0.2, 0) is 0 Å². The van der Waals surface area contributed by atoms with Gasteiger partial charge in [-0.1, -0.05) is 0 Å². The normalized spacial score (nSPS) is 19.6. The van der Waals surface area contributed by atoms with Gasteiger partial charge in [-0.05, 0) is 33.6 Å². The van der Waals surface area contributed by atoms with Gasteiger partial charge >= 0.3 is 6.03 Å². The Morgan fingerprint density at radius 3 is 2.29 bits per heavy atom. The van der Waals surface area contributed by atoms with Gasteiger partial charge in [0.05, 0.1) is 6.10 Å². The molecule has 4 nitrogen and oxygen atoms in total. The number of aliphatic hydroxyl groups is 1. The zero-order valence-corrected chi connectivity index (χ0v) is 9.21. The fraction of sp³-hybridized carbons (Fsp3) is 0.900. The van der Waals surface area contributed by atoms with Crippen LogP contribution in [-0.4, -0.2) is 40.8 Å². The summed E-state index contributed by atoms with van der Waals surface area (Å²) in [6.07, 6.45) is 1.16. The maximum Gasteiger partial charge on any atom is 0.317 e. The molecule has 0 aromatic heterocycles. The van der Waals surface area contributed by atoms with E-state index in [2.05, 4.69) is 5.32 Å². The maximum atomic E-state index is 11.7. The molecule has 0 aromatic carbocycles. The summed E-state index contributed by atoms with van der Waals surface area (Å²) in [5.41, 5.74) is -0.187. The largest absolute Gasteiger partial charge is 0.393 e. The molecular formula is C10H20N2O2. The minimum atomic E-state index is -0.228. The van der Waals surface area contributed by atoms with Crippen LogP contribution in [0.15, 0.2) is 0 Å². The minimum absolute atomic E-state index is 0.0237. The van der Waals surface area contributed by atoms with E-state index in [1.165, 1.54) is 0 Å². The van der Waals surface area contributed by atoms with Crippen molar-refractivity contribution in [2.45, 2.75) is 45.3 Å². The summed E-state index contributed by atoms with van der Waals surface area (Å²) in [4.78, 5) is 13.4. The van der Waals surface area contributed by atoms with Crippen molar-refractivity contribution in [1.29, 1.82) is 0 Å². The Hall–Kier alpha value is -0.770. The molecule has 0 atom stereocenters. The van der Waals surface area contributed by atoms with Gasteiger partial charge in [-0.15, -0.1) is 0 Å². The first-order valence-corrected chi connectivity index (χ1v) is 5.13. The van der Waals surface area contributed by atoms with Crippen LogP contribution in [0, 0.1) is 0 Å². The molecule has 14 heavy (non-hydrogen) atoms. The van der Waals surface area contributed by atoms with Crippen molar-refractivity contribution in [3.63, 3.8) is 0 Å². The Balaban J connectivity index is 2.38. The second-order valence-corrected chi connectivity index (χ2v) is 4.90. The van der Waals surface area contributed by atoms with Gasteiger partial charge in [0, 0.05) is 18.6 Å². The van der Waals surface area contributed by atoms with E-state index in [9.17, 15) is 9.90 Å². The topological polar surface area (TPSA) is 52.6 Å². The summed E-state index contributed by atoms with van der Waals surface area (Å²) in [7, 11) is 0. The first-order chi connectivity index (χ1) is 6.38. The first-order valence-electron chi connectivity index (χ1n) is 5.13. The van der Waals surface area contributed by atoms with Crippen LogP contribution in [0.4, 0.5) is 4.79 Å². The third-order valence-electron chi connectivity index (χ3n) is 2.23. The summed E-state index contributed by atoms with van der Waals surface area (Å²) >= 11 is 0. The standard InChI is InChI=1S/C10H20N2O2/c1-10(2,3)11-9(14)12-6-4-8(13)5-7-12/h8,13H,4-7H2,1-3H3,(H,11,14). The van der Waals surface area contributed by atoms with Crippen molar-refractivity contribution in [2.75, 3.05) is 13.1 Å². The third-order valence-corrected chi connectivity index (χ3v) is 2.23. The van der Waals surface area contributed by atoms with Gasteiger partial charge in [-0.2, -0.15) is 0 Å². The summed E-state index contributed by atoms with van der Waals surface area (Å²) in [6, 6.07) is -0.0237. The number of carbonyl (C=O) groups is 1. The summed E-state index contributed by atoms with van der Waals surface area (Å²) in [6.45, 7) is 7.20. The average molecular weight is 200 g/mol. The van der Waals surface area contributed by atoms with E-state index in [4.69, 9.17) is 0 Å². The molecule has 0 bridgehead atoms. The molecule has 1 saturated heterocycles. The zero-order chi connectivity index (χ0) is 10.8. The lowest BCUT2D eigenvalue weighted by atomic mass is 10.1. The Kier molecular flexibility index (Phi) is 3.37. The quantitative estimate of drug-likeness (QED) is 0.611. The summed E-state index contributed by atoms with van der Waals surface area (Å²) in [5, 5.41) is 12.2. The highest BCUT2D eigenvalue weighted by atomic mass is 16.3. The van der Waals surface area contributed by atoms with Crippen LogP contribution in [0.25, 0.3) is 0 Å². The van der Waals surface area contributed by atoms with Crippen LogP contribution < -0.4 is 5.32 Å². The second kappa shape index (κ2) is 4.17. The van der Waals surface area contributed by atoms with E-state index in [0.717, 1.165) is 0 Å². The SMILES string of the molecule is CC(C)(C)NC(=O)N1CCC(O)CC1. The fourth-order valence-corrected chi connectivity index (χ4v) is 1.47. The lowest BCUT2D eigenvalue weighted by molar-refractivity contribution is 0.0919. The van der Waals surface area contributed by atoms with Crippen LogP contribution in [0.1, 0.15) is 33.6 Å². The lowest BCUT2D eigenvalue weighted by Gasteiger charge is -2.32. The lowest BCUT2D eigenvalue weighted by Crippen LogP contribution is -2.51. The number of nitrogens with zero attached hydrogens (tertiary/aromatic N) is 1. The van der Waals surface area contributed by atoms with E-state index in [1.54, 1.807) is 4.90 Å². The number of piperidine rings is 1. The molecular weight excluding hydrogens is 180 g/mol. The molecule has 1 aliphatic heterocycles. The van der Waals surface area contributed by atoms with Crippen molar-refractivity contribution in [1.82, 2.24) is 10.2 Å². The van der Waals surface area contributed by atoms with E-state index in [1.807, 2.05) is 20.8 Å². The molecule has 0 aromatic rings. The van der Waals surface area contributed by atoms with Crippen molar-refractivity contribution < 1.29 is 9.90 Å². The highest BCUT2D eigenvalue weighted by molar-refractivity contribution is 5.75. The molecule has 0 saturated carbocycles.